The molecule has 0 atom stereocenters. The van der Waals surface area contributed by atoms with Crippen molar-refractivity contribution in [2.75, 3.05) is 0 Å². The first-order valence-electron chi connectivity index (χ1n) is 6.49. The summed E-state index contributed by atoms with van der Waals surface area (Å²) in [6, 6.07) is 10.4. The number of hydrogen-bond acceptors (Lipinski definition) is 3. The van der Waals surface area contributed by atoms with Gasteiger partial charge in [0.2, 0.25) is 0 Å². The Morgan fingerprint density at radius 2 is 1.59 bits per heavy atom. The quantitative estimate of drug-likeness (QED) is 0.852. The number of rotatable bonds is 5. The van der Waals surface area contributed by atoms with Crippen LogP contribution >= 0.6 is 0 Å². The van der Waals surface area contributed by atoms with Crippen LogP contribution in [0, 0.1) is 0 Å². The van der Waals surface area contributed by atoms with Crippen LogP contribution in [0.3, 0.4) is 0 Å². The van der Waals surface area contributed by atoms with Gasteiger partial charge in [-0.3, -0.25) is 4.79 Å². The van der Waals surface area contributed by atoms with Crippen molar-refractivity contribution in [3.8, 4) is 11.5 Å². The van der Waals surface area contributed by atoms with Gasteiger partial charge < -0.3 is 9.84 Å². The van der Waals surface area contributed by atoms with E-state index in [0.717, 1.165) is 11.1 Å². The zero-order valence-electron chi connectivity index (χ0n) is 11.4. The highest BCUT2D eigenvalue weighted by Crippen LogP contribution is 2.23. The molecule has 0 aliphatic rings. The molecule has 0 amide bonds. The van der Waals surface area contributed by atoms with Crippen molar-refractivity contribution in [1.29, 1.82) is 0 Å². The molecule has 0 heterocycles. The summed E-state index contributed by atoms with van der Waals surface area (Å²) in [5, 5.41) is 9.58. The highest BCUT2D eigenvalue weighted by atomic mass is 19.4. The lowest BCUT2D eigenvalue weighted by molar-refractivity contribution is -0.274. The van der Waals surface area contributed by atoms with E-state index in [1.165, 1.54) is 24.3 Å². The van der Waals surface area contributed by atoms with Crippen molar-refractivity contribution in [2.45, 2.75) is 19.2 Å². The van der Waals surface area contributed by atoms with Gasteiger partial charge in [-0.2, -0.15) is 0 Å². The second-order valence-corrected chi connectivity index (χ2v) is 4.70. The summed E-state index contributed by atoms with van der Waals surface area (Å²) in [7, 11) is 0. The molecule has 1 N–H and O–H groups in total. The van der Waals surface area contributed by atoms with E-state index >= 15 is 0 Å². The molecule has 22 heavy (non-hydrogen) atoms. The summed E-state index contributed by atoms with van der Waals surface area (Å²) in [4.78, 5) is 10.6. The largest absolute Gasteiger partial charge is 0.573 e. The number of phenols is 1. The zero-order chi connectivity index (χ0) is 16.2. The molecule has 116 valence electrons. The third-order valence-electron chi connectivity index (χ3n) is 3.08. The van der Waals surface area contributed by atoms with Gasteiger partial charge in [0.25, 0.3) is 0 Å². The molecule has 0 spiro atoms. The Morgan fingerprint density at radius 1 is 1.00 bits per heavy atom. The molecule has 0 bridgehead atoms. The maximum Gasteiger partial charge on any atom is 0.573 e. The number of phenolic OH excluding ortho intramolecular Hbond substituents is 1. The van der Waals surface area contributed by atoms with Gasteiger partial charge in [0, 0.05) is 0 Å². The molecule has 0 aromatic heterocycles. The Bertz CT molecular complexity index is 649. The standard InChI is InChI=1S/C16H13F3O3/c17-16(18,19)22-14-7-4-11(5-8-14)1-2-12-3-6-13(10-20)15(21)9-12/h3-10,21H,1-2H2. The monoisotopic (exact) mass is 310 g/mol. The number of aryl methyl sites for hydroxylation is 2. The van der Waals surface area contributed by atoms with Crippen LogP contribution in [-0.2, 0) is 12.8 Å². The van der Waals surface area contributed by atoms with Crippen LogP contribution in [0.15, 0.2) is 42.5 Å². The van der Waals surface area contributed by atoms with E-state index in [-0.39, 0.29) is 17.1 Å². The maximum absolute atomic E-state index is 12.0. The van der Waals surface area contributed by atoms with Crippen molar-refractivity contribution in [3.05, 3.63) is 59.2 Å². The van der Waals surface area contributed by atoms with Crippen molar-refractivity contribution >= 4 is 6.29 Å². The zero-order valence-corrected chi connectivity index (χ0v) is 11.4. The molecule has 0 saturated carbocycles. The Morgan fingerprint density at radius 3 is 2.14 bits per heavy atom. The topological polar surface area (TPSA) is 46.5 Å². The normalized spacial score (nSPS) is 11.2. The van der Waals surface area contributed by atoms with E-state index < -0.39 is 6.36 Å². The van der Waals surface area contributed by atoms with Gasteiger partial charge in [-0.25, -0.2) is 0 Å². The van der Waals surface area contributed by atoms with Crippen molar-refractivity contribution in [2.24, 2.45) is 0 Å². The maximum atomic E-state index is 12.0. The van der Waals surface area contributed by atoms with E-state index in [9.17, 15) is 23.1 Å². The molecule has 2 aromatic carbocycles. The van der Waals surface area contributed by atoms with Crippen LogP contribution in [0.25, 0.3) is 0 Å². The smallest absolute Gasteiger partial charge is 0.507 e. The number of aromatic hydroxyl groups is 1. The van der Waals surface area contributed by atoms with E-state index in [1.54, 1.807) is 18.2 Å². The predicted octanol–water partition coefficient (Wildman–Crippen LogP) is 3.89. The van der Waals surface area contributed by atoms with Gasteiger partial charge in [0.05, 0.1) is 5.56 Å². The average Bonchev–Trinajstić information content (AvgIpc) is 2.45. The molecule has 0 fully saturated rings. The van der Waals surface area contributed by atoms with Crippen LogP contribution in [0.4, 0.5) is 13.2 Å². The van der Waals surface area contributed by atoms with Gasteiger partial charge in [-0.15, -0.1) is 13.2 Å². The lowest BCUT2D eigenvalue weighted by atomic mass is 10.0. The summed E-state index contributed by atoms with van der Waals surface area (Å²) in [5.74, 6) is -0.342. The molecule has 3 nitrogen and oxygen atoms in total. The Balaban J connectivity index is 1.97. The van der Waals surface area contributed by atoms with Gasteiger partial charge in [-0.1, -0.05) is 18.2 Å². The minimum absolute atomic E-state index is 0.0820. The fourth-order valence-electron chi connectivity index (χ4n) is 1.99. The van der Waals surface area contributed by atoms with Crippen molar-refractivity contribution < 1.29 is 27.8 Å². The molecule has 2 rings (SSSR count). The molecule has 0 aliphatic carbocycles. The number of ether oxygens (including phenoxy) is 1. The summed E-state index contributed by atoms with van der Waals surface area (Å²) < 4.78 is 39.9. The summed E-state index contributed by atoms with van der Waals surface area (Å²) >= 11 is 0. The summed E-state index contributed by atoms with van der Waals surface area (Å²) in [6.07, 6.45) is -2.95. The lowest BCUT2D eigenvalue weighted by Crippen LogP contribution is -2.17. The number of halogens is 3. The highest BCUT2D eigenvalue weighted by molar-refractivity contribution is 5.79. The van der Waals surface area contributed by atoms with Gasteiger partial charge >= 0.3 is 6.36 Å². The Kier molecular flexibility index (Phi) is 4.70. The number of alkyl halides is 3. The molecule has 0 radical (unpaired) electrons. The third kappa shape index (κ3) is 4.51. The van der Waals surface area contributed by atoms with Gasteiger partial charge in [0.15, 0.2) is 6.29 Å². The average molecular weight is 310 g/mol. The second kappa shape index (κ2) is 6.51. The molecule has 6 heteroatoms. The fourth-order valence-corrected chi connectivity index (χ4v) is 1.99. The first kappa shape index (κ1) is 15.9. The van der Waals surface area contributed by atoms with Crippen LogP contribution in [-0.4, -0.2) is 17.8 Å². The predicted molar refractivity (Wildman–Crippen MR) is 74.0 cm³/mol. The first-order valence-corrected chi connectivity index (χ1v) is 6.49. The molecule has 0 unspecified atom stereocenters. The minimum Gasteiger partial charge on any atom is -0.507 e. The lowest BCUT2D eigenvalue weighted by Gasteiger charge is -2.09. The van der Waals surface area contributed by atoms with Crippen LogP contribution in [0.1, 0.15) is 21.5 Å². The summed E-state index contributed by atoms with van der Waals surface area (Å²) in [5.41, 5.74) is 1.89. The Labute approximate surface area is 125 Å². The molecule has 0 aliphatic heterocycles. The number of benzene rings is 2. The number of hydrogen-bond donors (Lipinski definition) is 1. The van der Waals surface area contributed by atoms with E-state index in [4.69, 9.17) is 0 Å². The van der Waals surface area contributed by atoms with Crippen LogP contribution < -0.4 is 4.74 Å². The van der Waals surface area contributed by atoms with Gasteiger partial charge in [-0.05, 0) is 48.2 Å². The number of carbonyl (C=O) groups is 1. The van der Waals surface area contributed by atoms with Crippen LogP contribution in [0.2, 0.25) is 0 Å². The second-order valence-electron chi connectivity index (χ2n) is 4.70. The molecule has 2 aromatic rings. The Hall–Kier alpha value is -2.50. The van der Waals surface area contributed by atoms with Crippen molar-refractivity contribution in [3.63, 3.8) is 0 Å². The molecule has 0 saturated heterocycles. The SMILES string of the molecule is O=Cc1ccc(CCc2ccc(OC(F)(F)F)cc2)cc1O. The molecular formula is C16H13F3O3. The fraction of sp³-hybridized carbons (Fsp3) is 0.188. The van der Waals surface area contributed by atoms with Gasteiger partial charge in [0.1, 0.15) is 11.5 Å². The molecular weight excluding hydrogens is 297 g/mol. The third-order valence-corrected chi connectivity index (χ3v) is 3.08. The highest BCUT2D eigenvalue weighted by Gasteiger charge is 2.30. The van der Waals surface area contributed by atoms with Crippen molar-refractivity contribution in [1.82, 2.24) is 0 Å². The van der Waals surface area contributed by atoms with E-state index in [1.807, 2.05) is 0 Å². The minimum atomic E-state index is -4.70. The van der Waals surface area contributed by atoms with E-state index in [2.05, 4.69) is 4.74 Å². The van der Waals surface area contributed by atoms with E-state index in [0.29, 0.717) is 19.1 Å². The summed E-state index contributed by atoms with van der Waals surface area (Å²) in [6.45, 7) is 0. The first-order chi connectivity index (χ1) is 10.4. The number of aldehydes is 1. The van der Waals surface area contributed by atoms with Crippen LogP contribution in [0.5, 0.6) is 11.5 Å². The number of carbonyl (C=O) groups excluding carboxylic acids is 1.